The highest BCUT2D eigenvalue weighted by Crippen LogP contribution is 2.21. The van der Waals surface area contributed by atoms with Gasteiger partial charge in [-0.1, -0.05) is 12.1 Å². The minimum Gasteiger partial charge on any atom is -0.461 e. The molecule has 1 unspecified atom stereocenters. The molecule has 0 radical (unpaired) electrons. The highest BCUT2D eigenvalue weighted by Gasteiger charge is 2.29. The summed E-state index contributed by atoms with van der Waals surface area (Å²) in [4.78, 5) is 39.1. The average molecular weight is 444 g/mol. The number of esters is 1. The first-order valence-corrected chi connectivity index (χ1v) is 10.7. The third-order valence-electron chi connectivity index (χ3n) is 5.48. The highest BCUT2D eigenvalue weighted by molar-refractivity contribution is 5.95. The van der Waals surface area contributed by atoms with E-state index in [9.17, 15) is 14.4 Å². The molecule has 8 heteroatoms. The SMILES string of the molecule is CC(CNC(=O)c1cccc(C#N)c1)OC(=O)C1CCN(C(=O)c2cccc(C#N)c2)CC1. The van der Waals surface area contributed by atoms with Gasteiger partial charge in [0, 0.05) is 24.2 Å². The molecule has 0 aliphatic carbocycles. The van der Waals surface area contributed by atoms with Crippen LogP contribution in [0, 0.1) is 28.6 Å². The zero-order chi connectivity index (χ0) is 23.8. The van der Waals surface area contributed by atoms with Crippen molar-refractivity contribution in [3.63, 3.8) is 0 Å². The number of hydrogen-bond donors (Lipinski definition) is 1. The Bertz CT molecular complexity index is 1120. The van der Waals surface area contributed by atoms with Crippen LogP contribution in [0.15, 0.2) is 48.5 Å². The van der Waals surface area contributed by atoms with Gasteiger partial charge in [0.2, 0.25) is 0 Å². The van der Waals surface area contributed by atoms with Gasteiger partial charge in [-0.3, -0.25) is 14.4 Å². The molecule has 0 saturated carbocycles. The first-order chi connectivity index (χ1) is 15.9. The van der Waals surface area contributed by atoms with Gasteiger partial charge >= 0.3 is 5.97 Å². The molecule has 1 aliphatic heterocycles. The average Bonchev–Trinajstić information content (AvgIpc) is 2.86. The molecular weight excluding hydrogens is 420 g/mol. The Balaban J connectivity index is 1.44. The molecule has 0 spiro atoms. The van der Waals surface area contributed by atoms with Crippen LogP contribution in [0.1, 0.15) is 51.6 Å². The minimum atomic E-state index is -0.519. The van der Waals surface area contributed by atoms with Gasteiger partial charge in [-0.2, -0.15) is 10.5 Å². The molecule has 2 aromatic rings. The van der Waals surface area contributed by atoms with Gasteiger partial charge in [-0.25, -0.2) is 0 Å². The summed E-state index contributed by atoms with van der Waals surface area (Å²) in [6.45, 7) is 2.70. The predicted molar refractivity (Wildman–Crippen MR) is 119 cm³/mol. The summed E-state index contributed by atoms with van der Waals surface area (Å²) in [6.07, 6.45) is 0.458. The normalized spacial score (nSPS) is 14.5. The molecule has 2 amide bonds. The molecule has 1 heterocycles. The molecule has 3 rings (SSSR count). The van der Waals surface area contributed by atoms with Crippen LogP contribution in [0.25, 0.3) is 0 Å². The zero-order valence-corrected chi connectivity index (χ0v) is 18.3. The van der Waals surface area contributed by atoms with Crippen molar-refractivity contribution in [3.8, 4) is 12.1 Å². The van der Waals surface area contributed by atoms with Crippen molar-refractivity contribution >= 4 is 17.8 Å². The number of amides is 2. The van der Waals surface area contributed by atoms with Crippen molar-refractivity contribution in [1.29, 1.82) is 10.5 Å². The van der Waals surface area contributed by atoms with Gasteiger partial charge in [-0.15, -0.1) is 0 Å². The van der Waals surface area contributed by atoms with E-state index in [1.807, 2.05) is 12.1 Å². The van der Waals surface area contributed by atoms with Crippen LogP contribution in [0.3, 0.4) is 0 Å². The summed E-state index contributed by atoms with van der Waals surface area (Å²) in [5.41, 5.74) is 1.65. The Morgan fingerprint density at radius 1 is 1.03 bits per heavy atom. The van der Waals surface area contributed by atoms with Gasteiger partial charge in [0.1, 0.15) is 6.10 Å². The number of rotatable bonds is 6. The van der Waals surface area contributed by atoms with E-state index in [4.69, 9.17) is 15.3 Å². The lowest BCUT2D eigenvalue weighted by molar-refractivity contribution is -0.154. The minimum absolute atomic E-state index is 0.147. The summed E-state index contributed by atoms with van der Waals surface area (Å²) >= 11 is 0. The van der Waals surface area contributed by atoms with Crippen molar-refractivity contribution in [2.24, 2.45) is 5.92 Å². The number of hydrogen-bond acceptors (Lipinski definition) is 6. The number of benzene rings is 2. The van der Waals surface area contributed by atoms with Gasteiger partial charge in [0.25, 0.3) is 11.8 Å². The van der Waals surface area contributed by atoms with Crippen molar-refractivity contribution in [1.82, 2.24) is 10.2 Å². The van der Waals surface area contributed by atoms with E-state index < -0.39 is 6.10 Å². The predicted octanol–water partition coefficient (Wildman–Crippen LogP) is 2.64. The Hall–Kier alpha value is -4.17. The molecule has 1 atom stereocenters. The fraction of sp³-hybridized carbons (Fsp3) is 0.320. The molecule has 0 bridgehead atoms. The Morgan fingerprint density at radius 3 is 2.21 bits per heavy atom. The third-order valence-corrected chi connectivity index (χ3v) is 5.48. The maximum absolute atomic E-state index is 12.7. The Morgan fingerprint density at radius 2 is 1.61 bits per heavy atom. The van der Waals surface area contributed by atoms with E-state index in [0.717, 1.165) is 0 Å². The van der Waals surface area contributed by atoms with Gasteiger partial charge < -0.3 is 15.0 Å². The molecule has 2 aromatic carbocycles. The van der Waals surface area contributed by atoms with Crippen molar-refractivity contribution < 1.29 is 19.1 Å². The summed E-state index contributed by atoms with van der Waals surface area (Å²) in [5.74, 6) is -1.16. The zero-order valence-electron chi connectivity index (χ0n) is 18.3. The van der Waals surface area contributed by atoms with Crippen molar-refractivity contribution in [2.45, 2.75) is 25.9 Å². The largest absolute Gasteiger partial charge is 0.461 e. The second-order valence-corrected chi connectivity index (χ2v) is 7.91. The monoisotopic (exact) mass is 444 g/mol. The molecule has 168 valence electrons. The number of nitrogens with one attached hydrogen (secondary N) is 1. The fourth-order valence-corrected chi connectivity index (χ4v) is 3.63. The van der Waals surface area contributed by atoms with Crippen LogP contribution in [-0.4, -0.2) is 48.4 Å². The van der Waals surface area contributed by atoms with Crippen LogP contribution >= 0.6 is 0 Å². The molecule has 0 aromatic heterocycles. The molecule has 8 nitrogen and oxygen atoms in total. The number of carbonyl (C=O) groups is 3. The van der Waals surface area contributed by atoms with Crippen LogP contribution in [0.2, 0.25) is 0 Å². The number of likely N-dealkylation sites (tertiary alicyclic amines) is 1. The number of nitrogens with zero attached hydrogens (tertiary/aromatic N) is 3. The molecule has 1 saturated heterocycles. The lowest BCUT2D eigenvalue weighted by Crippen LogP contribution is -2.41. The van der Waals surface area contributed by atoms with E-state index in [0.29, 0.717) is 48.2 Å². The van der Waals surface area contributed by atoms with E-state index >= 15 is 0 Å². The topological polar surface area (TPSA) is 123 Å². The number of ether oxygens (including phenoxy) is 1. The Labute approximate surface area is 192 Å². The number of piperidine rings is 1. The third kappa shape index (κ3) is 6.18. The second-order valence-electron chi connectivity index (χ2n) is 7.91. The first kappa shape index (κ1) is 23.5. The van der Waals surface area contributed by atoms with Crippen LogP contribution < -0.4 is 5.32 Å². The van der Waals surface area contributed by atoms with E-state index in [-0.39, 0.29) is 30.2 Å². The van der Waals surface area contributed by atoms with E-state index in [1.54, 1.807) is 54.3 Å². The van der Waals surface area contributed by atoms with E-state index in [1.165, 1.54) is 6.07 Å². The molecule has 1 aliphatic rings. The Kier molecular flexibility index (Phi) is 7.77. The molecular formula is C25H24N4O4. The fourth-order valence-electron chi connectivity index (χ4n) is 3.63. The van der Waals surface area contributed by atoms with Gasteiger partial charge in [0.05, 0.1) is 35.7 Å². The van der Waals surface area contributed by atoms with E-state index in [2.05, 4.69) is 5.32 Å². The van der Waals surface area contributed by atoms with Crippen molar-refractivity contribution in [3.05, 3.63) is 70.8 Å². The summed E-state index contributed by atoms with van der Waals surface area (Å²) in [6, 6.07) is 16.9. The molecule has 1 N–H and O–H groups in total. The molecule has 1 fully saturated rings. The van der Waals surface area contributed by atoms with Gasteiger partial charge in [0.15, 0.2) is 0 Å². The summed E-state index contributed by atoms with van der Waals surface area (Å²) < 4.78 is 5.49. The quantitative estimate of drug-likeness (QED) is 0.683. The number of carbonyl (C=O) groups excluding carboxylic acids is 3. The van der Waals surface area contributed by atoms with Crippen molar-refractivity contribution in [2.75, 3.05) is 19.6 Å². The smallest absolute Gasteiger partial charge is 0.309 e. The maximum Gasteiger partial charge on any atom is 0.309 e. The second kappa shape index (κ2) is 10.9. The van der Waals surface area contributed by atoms with Gasteiger partial charge in [-0.05, 0) is 56.2 Å². The standard InChI is InChI=1S/C25H24N4O4/c1-17(16-28-23(30)21-6-2-4-18(12-21)14-26)33-25(32)20-8-10-29(11-9-20)24(31)22-7-3-5-19(13-22)15-27/h2-7,12-13,17,20H,8-11,16H2,1H3,(H,28,30). The first-order valence-electron chi connectivity index (χ1n) is 10.7. The number of nitriles is 2. The van der Waals surface area contributed by atoms with Crippen LogP contribution in [0.5, 0.6) is 0 Å². The lowest BCUT2D eigenvalue weighted by atomic mass is 9.96. The summed E-state index contributed by atoms with van der Waals surface area (Å²) in [5, 5.41) is 20.7. The lowest BCUT2D eigenvalue weighted by Gasteiger charge is -2.31. The maximum atomic E-state index is 12.7. The summed E-state index contributed by atoms with van der Waals surface area (Å²) in [7, 11) is 0. The van der Waals surface area contributed by atoms with Crippen LogP contribution in [0.4, 0.5) is 0 Å². The van der Waals surface area contributed by atoms with Crippen LogP contribution in [-0.2, 0) is 9.53 Å². The highest BCUT2D eigenvalue weighted by atomic mass is 16.5. The molecule has 33 heavy (non-hydrogen) atoms.